The van der Waals surface area contributed by atoms with Crippen molar-refractivity contribution in [3.8, 4) is 0 Å². The molecule has 1 amide bonds. The molecule has 0 saturated heterocycles. The maximum Gasteiger partial charge on any atom is 0.410 e. The number of nitrogens with zero attached hydrogens (tertiary/aromatic N) is 2. The number of likely N-dealkylation sites (N-methyl/N-ethyl adjacent to an activating group) is 1. The summed E-state index contributed by atoms with van der Waals surface area (Å²) in [7, 11) is 1.73. The van der Waals surface area contributed by atoms with Crippen molar-refractivity contribution < 1.29 is 14.6 Å². The Bertz CT molecular complexity index is 443. The second-order valence-corrected chi connectivity index (χ2v) is 6.39. The number of aliphatic hydroxyl groups excluding tert-OH is 1. The SMILES string of the molecule is CN(CCN(CCO)Cc1ccccc1)C(=O)OC(C)(C)C. The minimum atomic E-state index is -0.486. The lowest BCUT2D eigenvalue weighted by Crippen LogP contribution is -2.39. The van der Waals surface area contributed by atoms with E-state index in [9.17, 15) is 9.90 Å². The second-order valence-electron chi connectivity index (χ2n) is 6.39. The molecule has 0 aliphatic heterocycles. The van der Waals surface area contributed by atoms with E-state index >= 15 is 0 Å². The van der Waals surface area contributed by atoms with Gasteiger partial charge in [-0.25, -0.2) is 4.79 Å². The molecular weight excluding hydrogens is 280 g/mol. The second kappa shape index (κ2) is 8.76. The molecular formula is C17H28N2O3. The summed E-state index contributed by atoms with van der Waals surface area (Å²) < 4.78 is 5.33. The van der Waals surface area contributed by atoms with Crippen molar-refractivity contribution in [3.05, 3.63) is 35.9 Å². The lowest BCUT2D eigenvalue weighted by molar-refractivity contribution is 0.0279. The Balaban J connectivity index is 2.48. The number of carbonyl (C=O) groups excluding carboxylic acids is 1. The van der Waals surface area contributed by atoms with Crippen molar-refractivity contribution in [2.75, 3.05) is 33.3 Å². The molecule has 1 aromatic carbocycles. The van der Waals surface area contributed by atoms with Crippen LogP contribution in [0.1, 0.15) is 26.3 Å². The summed E-state index contributed by atoms with van der Waals surface area (Å²) in [5, 5.41) is 9.20. The summed E-state index contributed by atoms with van der Waals surface area (Å²) in [5.74, 6) is 0. The molecule has 5 heteroatoms. The summed E-state index contributed by atoms with van der Waals surface area (Å²) in [5.41, 5.74) is 0.705. The fourth-order valence-corrected chi connectivity index (χ4v) is 1.98. The van der Waals surface area contributed by atoms with Crippen LogP contribution in [-0.2, 0) is 11.3 Å². The van der Waals surface area contributed by atoms with Gasteiger partial charge in [0.25, 0.3) is 0 Å². The Hall–Kier alpha value is -1.59. The first-order valence-electron chi connectivity index (χ1n) is 7.63. The van der Waals surface area contributed by atoms with Gasteiger partial charge in [-0.15, -0.1) is 0 Å². The molecule has 0 bridgehead atoms. The predicted molar refractivity (Wildman–Crippen MR) is 87.7 cm³/mol. The van der Waals surface area contributed by atoms with E-state index in [2.05, 4.69) is 17.0 Å². The van der Waals surface area contributed by atoms with E-state index in [0.717, 1.165) is 6.54 Å². The molecule has 1 aromatic rings. The number of amides is 1. The molecule has 0 aromatic heterocycles. The number of rotatable bonds is 7. The fourth-order valence-electron chi connectivity index (χ4n) is 1.98. The Kier molecular flexibility index (Phi) is 7.35. The lowest BCUT2D eigenvalue weighted by Gasteiger charge is -2.27. The Labute approximate surface area is 133 Å². The van der Waals surface area contributed by atoms with Crippen LogP contribution < -0.4 is 0 Å². The highest BCUT2D eigenvalue weighted by atomic mass is 16.6. The smallest absolute Gasteiger partial charge is 0.410 e. The van der Waals surface area contributed by atoms with Gasteiger partial charge in [0.05, 0.1) is 6.61 Å². The predicted octanol–water partition coefficient (Wildman–Crippen LogP) is 2.35. The van der Waals surface area contributed by atoms with Crippen molar-refractivity contribution >= 4 is 6.09 Å². The summed E-state index contributed by atoms with van der Waals surface area (Å²) in [6, 6.07) is 10.1. The van der Waals surface area contributed by atoms with Gasteiger partial charge >= 0.3 is 6.09 Å². The summed E-state index contributed by atoms with van der Waals surface area (Å²) in [6.07, 6.45) is -0.323. The Morgan fingerprint density at radius 1 is 1.14 bits per heavy atom. The molecule has 0 spiro atoms. The molecule has 0 heterocycles. The highest BCUT2D eigenvalue weighted by Crippen LogP contribution is 2.09. The Morgan fingerprint density at radius 3 is 2.32 bits per heavy atom. The highest BCUT2D eigenvalue weighted by Gasteiger charge is 2.19. The fraction of sp³-hybridized carbons (Fsp3) is 0.588. The van der Waals surface area contributed by atoms with E-state index < -0.39 is 5.60 Å². The van der Waals surface area contributed by atoms with Crippen molar-refractivity contribution in [3.63, 3.8) is 0 Å². The van der Waals surface area contributed by atoms with Crippen LogP contribution in [0.4, 0.5) is 4.79 Å². The first-order chi connectivity index (χ1) is 10.3. The molecule has 5 nitrogen and oxygen atoms in total. The van der Waals surface area contributed by atoms with Gasteiger partial charge in [0, 0.05) is 33.2 Å². The van der Waals surface area contributed by atoms with Crippen molar-refractivity contribution in [1.82, 2.24) is 9.80 Å². The molecule has 0 aliphatic rings. The third-order valence-electron chi connectivity index (χ3n) is 3.12. The molecule has 0 radical (unpaired) electrons. The standard InChI is InChI=1S/C17H28N2O3/c1-17(2,3)22-16(21)18(4)10-11-19(12-13-20)14-15-8-6-5-7-9-15/h5-9,20H,10-14H2,1-4H3. The average molecular weight is 308 g/mol. The first kappa shape index (κ1) is 18.5. The molecule has 1 rings (SSSR count). The summed E-state index contributed by atoms with van der Waals surface area (Å²) in [4.78, 5) is 15.6. The van der Waals surface area contributed by atoms with Crippen LogP contribution >= 0.6 is 0 Å². The molecule has 0 aliphatic carbocycles. The summed E-state index contributed by atoms with van der Waals surface area (Å²) >= 11 is 0. The van der Waals surface area contributed by atoms with Crippen molar-refractivity contribution in [2.45, 2.75) is 32.9 Å². The minimum Gasteiger partial charge on any atom is -0.444 e. The zero-order chi connectivity index (χ0) is 16.6. The highest BCUT2D eigenvalue weighted by molar-refractivity contribution is 5.67. The van der Waals surface area contributed by atoms with E-state index in [1.807, 2.05) is 39.0 Å². The average Bonchev–Trinajstić information content (AvgIpc) is 2.44. The van der Waals surface area contributed by atoms with Gasteiger partial charge in [0.2, 0.25) is 0 Å². The van der Waals surface area contributed by atoms with Gasteiger partial charge in [-0.1, -0.05) is 30.3 Å². The summed E-state index contributed by atoms with van der Waals surface area (Å²) in [6.45, 7) is 8.24. The van der Waals surface area contributed by atoms with Gasteiger partial charge in [-0.05, 0) is 26.3 Å². The Morgan fingerprint density at radius 2 is 1.77 bits per heavy atom. The van der Waals surface area contributed by atoms with Crippen LogP contribution in [0.15, 0.2) is 30.3 Å². The number of hydrogen-bond donors (Lipinski definition) is 1. The van der Waals surface area contributed by atoms with Crippen molar-refractivity contribution in [1.29, 1.82) is 0 Å². The van der Waals surface area contributed by atoms with E-state index in [1.165, 1.54) is 5.56 Å². The van der Waals surface area contributed by atoms with Gasteiger partial charge in [0.15, 0.2) is 0 Å². The van der Waals surface area contributed by atoms with Crippen LogP contribution in [0.5, 0.6) is 0 Å². The molecule has 22 heavy (non-hydrogen) atoms. The van der Waals surface area contributed by atoms with Gasteiger partial charge in [-0.3, -0.25) is 4.90 Å². The van der Waals surface area contributed by atoms with Crippen LogP contribution in [0.2, 0.25) is 0 Å². The van der Waals surface area contributed by atoms with E-state index in [1.54, 1.807) is 11.9 Å². The molecule has 124 valence electrons. The molecule has 1 N–H and O–H groups in total. The number of carbonyl (C=O) groups is 1. The molecule has 0 atom stereocenters. The van der Waals surface area contributed by atoms with Gasteiger partial charge in [0.1, 0.15) is 5.60 Å². The lowest BCUT2D eigenvalue weighted by atomic mass is 10.2. The van der Waals surface area contributed by atoms with Crippen LogP contribution in [0.25, 0.3) is 0 Å². The van der Waals surface area contributed by atoms with E-state index in [-0.39, 0.29) is 12.7 Å². The quantitative estimate of drug-likeness (QED) is 0.840. The minimum absolute atomic E-state index is 0.100. The zero-order valence-electron chi connectivity index (χ0n) is 14.1. The van der Waals surface area contributed by atoms with Crippen LogP contribution in [0, 0.1) is 0 Å². The van der Waals surface area contributed by atoms with Crippen LogP contribution in [0.3, 0.4) is 0 Å². The largest absolute Gasteiger partial charge is 0.444 e. The van der Waals surface area contributed by atoms with Crippen LogP contribution in [-0.4, -0.2) is 59.9 Å². The monoisotopic (exact) mass is 308 g/mol. The maximum absolute atomic E-state index is 11.9. The third kappa shape index (κ3) is 7.43. The normalized spacial score (nSPS) is 11.5. The topological polar surface area (TPSA) is 53.0 Å². The maximum atomic E-state index is 11.9. The third-order valence-corrected chi connectivity index (χ3v) is 3.12. The first-order valence-corrected chi connectivity index (χ1v) is 7.63. The molecule has 0 saturated carbocycles. The number of benzene rings is 1. The zero-order valence-corrected chi connectivity index (χ0v) is 14.1. The number of aliphatic hydroxyl groups is 1. The van der Waals surface area contributed by atoms with E-state index in [4.69, 9.17) is 4.74 Å². The van der Waals surface area contributed by atoms with Gasteiger partial charge < -0.3 is 14.7 Å². The molecule has 0 unspecified atom stereocenters. The molecule has 0 fully saturated rings. The van der Waals surface area contributed by atoms with E-state index in [0.29, 0.717) is 19.6 Å². The van der Waals surface area contributed by atoms with Gasteiger partial charge in [-0.2, -0.15) is 0 Å². The number of hydrogen-bond acceptors (Lipinski definition) is 4. The van der Waals surface area contributed by atoms with Crippen molar-refractivity contribution in [2.24, 2.45) is 0 Å². The number of ether oxygens (including phenoxy) is 1.